The summed E-state index contributed by atoms with van der Waals surface area (Å²) in [6, 6.07) is 7.31. The second-order valence-corrected chi connectivity index (χ2v) is 7.54. The Hall–Kier alpha value is -1.55. The van der Waals surface area contributed by atoms with Gasteiger partial charge in [0.1, 0.15) is 6.04 Å². The van der Waals surface area contributed by atoms with Crippen molar-refractivity contribution in [3.63, 3.8) is 0 Å². The summed E-state index contributed by atoms with van der Waals surface area (Å²) in [7, 11) is 0. The van der Waals surface area contributed by atoms with Crippen LogP contribution in [0.1, 0.15) is 70.8 Å². The zero-order chi connectivity index (χ0) is 18.9. The second kappa shape index (κ2) is 10.6. The number of nitrogens with one attached hydrogen (secondary N) is 1. The number of nitrogens with zero attached hydrogens (tertiary/aromatic N) is 1. The number of benzene rings is 1. The highest BCUT2D eigenvalue weighted by molar-refractivity contribution is 6.31. The second-order valence-electron chi connectivity index (χ2n) is 7.13. The molecule has 1 aliphatic rings. The van der Waals surface area contributed by atoms with Gasteiger partial charge in [-0.3, -0.25) is 9.59 Å². The van der Waals surface area contributed by atoms with Crippen molar-refractivity contribution in [2.45, 2.75) is 83.8 Å². The van der Waals surface area contributed by atoms with E-state index in [9.17, 15) is 9.59 Å². The van der Waals surface area contributed by atoms with E-state index in [2.05, 4.69) is 5.32 Å². The molecule has 0 bridgehead atoms. The minimum Gasteiger partial charge on any atom is -0.352 e. The number of carbonyl (C=O) groups is 2. The van der Waals surface area contributed by atoms with Crippen molar-refractivity contribution in [1.82, 2.24) is 10.2 Å². The maximum atomic E-state index is 12.9. The maximum Gasteiger partial charge on any atom is 0.243 e. The van der Waals surface area contributed by atoms with E-state index in [1.165, 1.54) is 19.3 Å². The van der Waals surface area contributed by atoms with Crippen molar-refractivity contribution in [1.29, 1.82) is 0 Å². The molecule has 5 heteroatoms. The first-order chi connectivity index (χ1) is 12.6. The molecule has 4 nitrogen and oxygen atoms in total. The van der Waals surface area contributed by atoms with Gasteiger partial charge in [0, 0.05) is 24.0 Å². The number of carbonyl (C=O) groups excluding carboxylic acids is 2. The number of halogens is 1. The van der Waals surface area contributed by atoms with E-state index in [0.29, 0.717) is 24.4 Å². The first-order valence-corrected chi connectivity index (χ1v) is 10.3. The van der Waals surface area contributed by atoms with Crippen LogP contribution in [-0.2, 0) is 16.1 Å². The smallest absolute Gasteiger partial charge is 0.243 e. The van der Waals surface area contributed by atoms with E-state index in [1.54, 1.807) is 4.90 Å². The van der Waals surface area contributed by atoms with E-state index in [1.807, 2.05) is 38.1 Å². The fourth-order valence-electron chi connectivity index (χ4n) is 3.63. The van der Waals surface area contributed by atoms with Gasteiger partial charge in [-0.15, -0.1) is 0 Å². The lowest BCUT2D eigenvalue weighted by Gasteiger charge is -2.33. The van der Waals surface area contributed by atoms with E-state index >= 15 is 0 Å². The molecular weight excluding hydrogens is 348 g/mol. The van der Waals surface area contributed by atoms with Gasteiger partial charge in [0.15, 0.2) is 0 Å². The Morgan fingerprint density at radius 3 is 2.50 bits per heavy atom. The topological polar surface area (TPSA) is 49.4 Å². The van der Waals surface area contributed by atoms with Gasteiger partial charge in [-0.2, -0.15) is 0 Å². The number of hydrogen-bond acceptors (Lipinski definition) is 2. The van der Waals surface area contributed by atoms with Gasteiger partial charge in [0.2, 0.25) is 11.8 Å². The molecule has 1 atom stereocenters. The van der Waals surface area contributed by atoms with E-state index in [4.69, 9.17) is 11.6 Å². The van der Waals surface area contributed by atoms with Gasteiger partial charge in [-0.05, 0) is 37.3 Å². The Labute approximate surface area is 162 Å². The molecule has 1 N–H and O–H groups in total. The highest BCUT2D eigenvalue weighted by Crippen LogP contribution is 2.22. The fraction of sp³-hybridized carbons (Fsp3) is 0.619. The van der Waals surface area contributed by atoms with Gasteiger partial charge >= 0.3 is 0 Å². The van der Waals surface area contributed by atoms with Crippen LogP contribution in [0.2, 0.25) is 5.02 Å². The Kier molecular flexibility index (Phi) is 8.43. The van der Waals surface area contributed by atoms with Crippen LogP contribution in [0.5, 0.6) is 0 Å². The molecule has 26 heavy (non-hydrogen) atoms. The zero-order valence-corrected chi connectivity index (χ0v) is 16.7. The summed E-state index contributed by atoms with van der Waals surface area (Å²) in [5.74, 6) is -0.0195. The third-order valence-corrected chi connectivity index (χ3v) is 5.47. The molecule has 2 rings (SSSR count). The minimum absolute atomic E-state index is 0.0121. The summed E-state index contributed by atoms with van der Waals surface area (Å²) in [6.07, 6.45) is 7.46. The molecule has 144 valence electrons. The van der Waals surface area contributed by atoms with E-state index in [0.717, 1.165) is 24.8 Å². The maximum absolute atomic E-state index is 12.9. The number of rotatable bonds is 8. The van der Waals surface area contributed by atoms with Gasteiger partial charge in [0.25, 0.3) is 0 Å². The average Bonchev–Trinajstić information content (AvgIpc) is 2.64. The van der Waals surface area contributed by atoms with Crippen LogP contribution < -0.4 is 5.32 Å². The van der Waals surface area contributed by atoms with Crippen molar-refractivity contribution in [2.24, 2.45) is 0 Å². The van der Waals surface area contributed by atoms with Crippen LogP contribution in [-0.4, -0.2) is 28.8 Å². The minimum atomic E-state index is -0.452. The third-order valence-electron chi connectivity index (χ3n) is 5.10. The Morgan fingerprint density at radius 2 is 1.88 bits per heavy atom. The molecule has 0 radical (unpaired) electrons. The molecule has 2 amide bonds. The van der Waals surface area contributed by atoms with Crippen LogP contribution in [0, 0.1) is 0 Å². The van der Waals surface area contributed by atoms with Crippen molar-refractivity contribution >= 4 is 23.4 Å². The summed E-state index contributed by atoms with van der Waals surface area (Å²) in [4.78, 5) is 27.4. The Balaban J connectivity index is 2.15. The normalized spacial score (nSPS) is 16.1. The van der Waals surface area contributed by atoms with Gasteiger partial charge in [0.05, 0.1) is 0 Å². The largest absolute Gasteiger partial charge is 0.352 e. The van der Waals surface area contributed by atoms with E-state index in [-0.39, 0.29) is 17.9 Å². The van der Waals surface area contributed by atoms with E-state index < -0.39 is 6.04 Å². The van der Waals surface area contributed by atoms with Crippen LogP contribution >= 0.6 is 11.6 Å². The summed E-state index contributed by atoms with van der Waals surface area (Å²) in [5.41, 5.74) is 0.877. The van der Waals surface area contributed by atoms with Crippen molar-refractivity contribution in [2.75, 3.05) is 0 Å². The molecule has 0 aliphatic heterocycles. The Morgan fingerprint density at radius 1 is 1.19 bits per heavy atom. The molecule has 1 unspecified atom stereocenters. The summed E-state index contributed by atoms with van der Waals surface area (Å²) >= 11 is 6.29. The quantitative estimate of drug-likeness (QED) is 0.712. The molecule has 0 spiro atoms. The first kappa shape index (κ1) is 20.8. The van der Waals surface area contributed by atoms with Crippen molar-refractivity contribution in [3.8, 4) is 0 Å². The zero-order valence-electron chi connectivity index (χ0n) is 16.0. The molecule has 0 heterocycles. The van der Waals surface area contributed by atoms with Crippen LogP contribution in [0.3, 0.4) is 0 Å². The molecule has 1 fully saturated rings. The predicted octanol–water partition coefficient (Wildman–Crippen LogP) is 4.70. The molecule has 1 aromatic carbocycles. The summed E-state index contributed by atoms with van der Waals surface area (Å²) in [5, 5.41) is 3.81. The molecule has 1 aliphatic carbocycles. The standard InChI is InChI=1S/C21H31ClN2O2/c1-3-10-20(25)24(15-16-11-8-9-14-18(16)22)19(4-2)21(26)23-17-12-6-5-7-13-17/h8-9,11,14,17,19H,3-7,10,12-13,15H2,1-2H3,(H,23,26). The lowest BCUT2D eigenvalue weighted by atomic mass is 9.95. The fourth-order valence-corrected chi connectivity index (χ4v) is 3.83. The highest BCUT2D eigenvalue weighted by atomic mass is 35.5. The molecule has 0 saturated heterocycles. The first-order valence-electron chi connectivity index (χ1n) is 9.90. The highest BCUT2D eigenvalue weighted by Gasteiger charge is 2.30. The van der Waals surface area contributed by atoms with Crippen LogP contribution in [0.15, 0.2) is 24.3 Å². The monoisotopic (exact) mass is 378 g/mol. The van der Waals surface area contributed by atoms with Gasteiger partial charge < -0.3 is 10.2 Å². The van der Waals surface area contributed by atoms with Crippen molar-refractivity contribution in [3.05, 3.63) is 34.9 Å². The average molecular weight is 379 g/mol. The van der Waals surface area contributed by atoms with Gasteiger partial charge in [-0.25, -0.2) is 0 Å². The van der Waals surface area contributed by atoms with Crippen LogP contribution in [0.4, 0.5) is 0 Å². The number of hydrogen-bond donors (Lipinski definition) is 1. The van der Waals surface area contributed by atoms with Gasteiger partial charge in [-0.1, -0.05) is 62.9 Å². The Bertz CT molecular complexity index is 599. The molecule has 0 aromatic heterocycles. The van der Waals surface area contributed by atoms with Crippen molar-refractivity contribution < 1.29 is 9.59 Å². The summed E-state index contributed by atoms with van der Waals surface area (Å²) < 4.78 is 0. The summed E-state index contributed by atoms with van der Waals surface area (Å²) in [6.45, 7) is 4.31. The number of amides is 2. The molecular formula is C21H31ClN2O2. The lowest BCUT2D eigenvalue weighted by Crippen LogP contribution is -2.51. The SMILES string of the molecule is CCCC(=O)N(Cc1ccccc1Cl)C(CC)C(=O)NC1CCCCC1. The molecule has 1 aromatic rings. The third kappa shape index (κ3) is 5.73. The molecule has 1 saturated carbocycles. The lowest BCUT2D eigenvalue weighted by molar-refractivity contribution is -0.141. The predicted molar refractivity (Wildman–Crippen MR) is 106 cm³/mol. The van der Waals surface area contributed by atoms with Crippen LogP contribution in [0.25, 0.3) is 0 Å².